The number of imide groups is 2. The summed E-state index contributed by atoms with van der Waals surface area (Å²) in [5.41, 5.74) is 2.51. The van der Waals surface area contributed by atoms with Crippen LogP contribution in [0.4, 0.5) is 16.2 Å². The Kier molecular flexibility index (Phi) is 5.06. The third-order valence-corrected chi connectivity index (χ3v) is 7.52. The predicted molar refractivity (Wildman–Crippen MR) is 133 cm³/mol. The van der Waals surface area contributed by atoms with Gasteiger partial charge in [-0.1, -0.05) is 66.7 Å². The average Bonchev–Trinajstić information content (AvgIpc) is 2.90. The van der Waals surface area contributed by atoms with Crippen LogP contribution in [0.5, 0.6) is 0 Å². The van der Waals surface area contributed by atoms with Crippen molar-refractivity contribution in [2.75, 3.05) is 29.4 Å². The molecule has 35 heavy (non-hydrogen) atoms. The molecular formula is C28H26N4O3. The number of nitrogens with one attached hydrogen (secondary N) is 1. The first-order chi connectivity index (χ1) is 17.1. The minimum absolute atomic E-state index is 0.122. The van der Waals surface area contributed by atoms with Crippen LogP contribution in [-0.4, -0.2) is 48.4 Å². The lowest BCUT2D eigenvalue weighted by atomic mass is 9.67. The molecule has 6 rings (SSSR count). The number of hydrogen-bond acceptors (Lipinski definition) is 5. The van der Waals surface area contributed by atoms with Crippen LogP contribution < -0.4 is 15.1 Å². The molecule has 2 saturated heterocycles. The molecular weight excluding hydrogens is 440 g/mol. The van der Waals surface area contributed by atoms with Gasteiger partial charge in [0.05, 0.1) is 12.6 Å². The van der Waals surface area contributed by atoms with Crippen LogP contribution in [0, 0.1) is 5.41 Å². The molecule has 7 nitrogen and oxygen atoms in total. The molecule has 176 valence electrons. The van der Waals surface area contributed by atoms with Crippen LogP contribution in [0.1, 0.15) is 11.1 Å². The van der Waals surface area contributed by atoms with Crippen molar-refractivity contribution < 1.29 is 14.4 Å². The van der Waals surface area contributed by atoms with Gasteiger partial charge in [0.2, 0.25) is 11.8 Å². The van der Waals surface area contributed by atoms with Crippen molar-refractivity contribution in [3.8, 4) is 0 Å². The van der Waals surface area contributed by atoms with Crippen LogP contribution in [-0.2, 0) is 22.6 Å². The highest BCUT2D eigenvalue weighted by Crippen LogP contribution is 2.46. The molecule has 1 N–H and O–H groups in total. The molecule has 2 atom stereocenters. The Labute approximate surface area is 203 Å². The normalized spacial score (nSPS) is 23.7. The molecule has 0 aromatic heterocycles. The number of piperazine rings is 1. The number of barbiturate groups is 1. The summed E-state index contributed by atoms with van der Waals surface area (Å²) < 4.78 is 0. The topological polar surface area (TPSA) is 73.0 Å². The van der Waals surface area contributed by atoms with Crippen molar-refractivity contribution in [3.05, 3.63) is 96.1 Å². The number of para-hydroxylation sites is 2. The zero-order chi connectivity index (χ0) is 24.0. The highest BCUT2D eigenvalue weighted by Gasteiger charge is 2.62. The first-order valence-corrected chi connectivity index (χ1v) is 11.9. The van der Waals surface area contributed by atoms with Crippen molar-refractivity contribution >= 4 is 29.2 Å². The van der Waals surface area contributed by atoms with Gasteiger partial charge in [0, 0.05) is 31.0 Å². The van der Waals surface area contributed by atoms with Crippen molar-refractivity contribution in [1.82, 2.24) is 10.2 Å². The standard InChI is InChI=1S/C28H26N4O3/c33-25-28(26(34)32(27(35)29-25)18-20-9-3-1-4-10-20)17-21-11-7-8-14-23(21)31-16-15-30(19-24(28)31)22-12-5-2-6-13-22/h1-14,24H,15-19H2,(H,29,33,35)/t24-,28-/m1/s1. The fourth-order valence-electron chi connectivity index (χ4n) is 5.79. The molecule has 2 fully saturated rings. The monoisotopic (exact) mass is 466 g/mol. The van der Waals surface area contributed by atoms with E-state index in [0.717, 1.165) is 29.0 Å². The van der Waals surface area contributed by atoms with E-state index in [0.29, 0.717) is 13.1 Å². The minimum atomic E-state index is -1.40. The molecule has 3 aliphatic heterocycles. The first kappa shape index (κ1) is 21.4. The predicted octanol–water partition coefficient (Wildman–Crippen LogP) is 3.20. The Hall–Kier alpha value is -4.13. The lowest BCUT2D eigenvalue weighted by Gasteiger charge is -2.55. The third kappa shape index (κ3) is 3.38. The van der Waals surface area contributed by atoms with Gasteiger partial charge < -0.3 is 9.80 Å². The van der Waals surface area contributed by atoms with Gasteiger partial charge in [0.1, 0.15) is 0 Å². The van der Waals surface area contributed by atoms with Crippen molar-refractivity contribution in [2.24, 2.45) is 5.41 Å². The number of amides is 4. The lowest BCUT2D eigenvalue weighted by molar-refractivity contribution is -0.154. The van der Waals surface area contributed by atoms with Gasteiger partial charge in [-0.2, -0.15) is 0 Å². The second kappa shape index (κ2) is 8.27. The summed E-state index contributed by atoms with van der Waals surface area (Å²) in [6, 6.07) is 26.4. The van der Waals surface area contributed by atoms with Gasteiger partial charge in [-0.3, -0.25) is 19.8 Å². The SMILES string of the molecule is O=C1NC(=O)[C@]2(Cc3ccccc3N3CCN(c4ccccc4)C[C@@H]32)C(=O)N1Cc1ccccc1. The third-order valence-electron chi connectivity index (χ3n) is 7.52. The van der Waals surface area contributed by atoms with Gasteiger partial charge in [0.25, 0.3) is 0 Å². The highest BCUT2D eigenvalue weighted by molar-refractivity contribution is 6.20. The summed E-state index contributed by atoms with van der Waals surface area (Å²) in [6.45, 7) is 2.07. The van der Waals surface area contributed by atoms with E-state index in [2.05, 4.69) is 21.2 Å². The van der Waals surface area contributed by atoms with Crippen LogP contribution in [0.3, 0.4) is 0 Å². The van der Waals surface area contributed by atoms with Crippen LogP contribution in [0.2, 0.25) is 0 Å². The summed E-state index contributed by atoms with van der Waals surface area (Å²) in [6.07, 6.45) is 0.260. The van der Waals surface area contributed by atoms with Crippen LogP contribution in [0.15, 0.2) is 84.9 Å². The average molecular weight is 467 g/mol. The van der Waals surface area contributed by atoms with E-state index in [1.54, 1.807) is 0 Å². The van der Waals surface area contributed by atoms with Gasteiger partial charge in [-0.15, -0.1) is 0 Å². The smallest absolute Gasteiger partial charge is 0.331 e. The summed E-state index contributed by atoms with van der Waals surface area (Å²) in [5.74, 6) is -0.925. The lowest BCUT2D eigenvalue weighted by Crippen LogP contribution is -2.75. The number of anilines is 2. The maximum Gasteiger partial charge on any atom is 0.331 e. The molecule has 0 radical (unpaired) electrons. The molecule has 0 saturated carbocycles. The Balaban J connectivity index is 1.44. The number of nitrogens with zero attached hydrogens (tertiary/aromatic N) is 3. The van der Waals surface area contributed by atoms with Crippen LogP contribution >= 0.6 is 0 Å². The quantitative estimate of drug-likeness (QED) is 0.601. The van der Waals surface area contributed by atoms with E-state index in [4.69, 9.17) is 0 Å². The second-order valence-corrected chi connectivity index (χ2v) is 9.40. The van der Waals surface area contributed by atoms with E-state index < -0.39 is 29.3 Å². The fourth-order valence-corrected chi connectivity index (χ4v) is 5.79. The second-order valence-electron chi connectivity index (χ2n) is 9.40. The van der Waals surface area contributed by atoms with Crippen molar-refractivity contribution in [2.45, 2.75) is 19.0 Å². The molecule has 0 aliphatic carbocycles. The van der Waals surface area contributed by atoms with E-state index in [-0.39, 0.29) is 13.0 Å². The van der Waals surface area contributed by atoms with Crippen LogP contribution in [0.25, 0.3) is 0 Å². The molecule has 1 spiro atoms. The zero-order valence-electron chi connectivity index (χ0n) is 19.3. The number of carbonyl (C=O) groups is 3. The highest BCUT2D eigenvalue weighted by atomic mass is 16.2. The zero-order valence-corrected chi connectivity index (χ0v) is 19.3. The van der Waals surface area contributed by atoms with E-state index in [1.165, 1.54) is 4.90 Å². The molecule has 3 aromatic carbocycles. The summed E-state index contributed by atoms with van der Waals surface area (Å²) in [5, 5.41) is 2.54. The maximum absolute atomic E-state index is 14.2. The van der Waals surface area contributed by atoms with Gasteiger partial charge >= 0.3 is 6.03 Å². The maximum atomic E-state index is 14.2. The fraction of sp³-hybridized carbons (Fsp3) is 0.250. The number of rotatable bonds is 3. The van der Waals surface area contributed by atoms with Gasteiger partial charge in [-0.25, -0.2) is 4.79 Å². The Morgan fingerprint density at radius 3 is 2.29 bits per heavy atom. The summed E-state index contributed by atoms with van der Waals surface area (Å²) >= 11 is 0. The van der Waals surface area contributed by atoms with Gasteiger partial charge in [0.15, 0.2) is 5.41 Å². The molecule has 7 heteroatoms. The molecule has 3 aromatic rings. The number of carbonyl (C=O) groups excluding carboxylic acids is 3. The molecule has 3 aliphatic rings. The summed E-state index contributed by atoms with van der Waals surface area (Å²) in [4.78, 5) is 46.4. The number of fused-ring (bicyclic) bond motifs is 4. The Bertz CT molecular complexity index is 1300. The Morgan fingerprint density at radius 1 is 0.829 bits per heavy atom. The number of urea groups is 1. The Morgan fingerprint density at radius 2 is 1.51 bits per heavy atom. The van der Waals surface area contributed by atoms with E-state index in [9.17, 15) is 14.4 Å². The van der Waals surface area contributed by atoms with Gasteiger partial charge in [-0.05, 0) is 35.7 Å². The summed E-state index contributed by atoms with van der Waals surface area (Å²) in [7, 11) is 0. The molecule has 4 amide bonds. The molecule has 0 bridgehead atoms. The molecule has 3 heterocycles. The number of benzene rings is 3. The van der Waals surface area contributed by atoms with Crippen molar-refractivity contribution in [1.29, 1.82) is 0 Å². The molecule has 0 unspecified atom stereocenters. The first-order valence-electron chi connectivity index (χ1n) is 11.9. The van der Waals surface area contributed by atoms with E-state index in [1.807, 2.05) is 78.9 Å². The minimum Gasteiger partial charge on any atom is -0.368 e. The van der Waals surface area contributed by atoms with E-state index >= 15 is 0 Å². The largest absolute Gasteiger partial charge is 0.368 e. The number of hydrogen-bond donors (Lipinski definition) is 1. The van der Waals surface area contributed by atoms with Crippen molar-refractivity contribution in [3.63, 3.8) is 0 Å².